The average molecular weight is 292 g/mol. The maximum absolute atomic E-state index is 11.9. The third kappa shape index (κ3) is 6.13. The fourth-order valence-corrected chi connectivity index (χ4v) is 1.90. The topological polar surface area (TPSA) is 61.4 Å². The van der Waals surface area contributed by atoms with Crippen LogP contribution in [0.15, 0.2) is 11.4 Å². The standard InChI is InChI=1S/C11H11F3N2O2S/c12-11(13,14)7-16-10(18)15-6-9-8(2-1-4-17)3-5-19-9/h3,5,17H,4,6-7H2,(H2,15,16,18). The minimum Gasteiger partial charge on any atom is -0.384 e. The summed E-state index contributed by atoms with van der Waals surface area (Å²) in [6.07, 6.45) is -4.43. The lowest BCUT2D eigenvalue weighted by Gasteiger charge is -2.09. The molecule has 4 nitrogen and oxygen atoms in total. The van der Waals surface area contributed by atoms with Gasteiger partial charge in [-0.15, -0.1) is 11.3 Å². The molecule has 104 valence electrons. The number of nitrogens with one attached hydrogen (secondary N) is 2. The Balaban J connectivity index is 2.44. The molecule has 0 unspecified atom stereocenters. The fraction of sp³-hybridized carbons (Fsp3) is 0.364. The van der Waals surface area contributed by atoms with Gasteiger partial charge in [-0.3, -0.25) is 0 Å². The van der Waals surface area contributed by atoms with Gasteiger partial charge in [-0.25, -0.2) is 4.79 Å². The van der Waals surface area contributed by atoms with Gasteiger partial charge < -0.3 is 15.7 Å². The van der Waals surface area contributed by atoms with E-state index in [9.17, 15) is 18.0 Å². The van der Waals surface area contributed by atoms with Gasteiger partial charge in [-0.05, 0) is 11.4 Å². The summed E-state index contributed by atoms with van der Waals surface area (Å²) in [4.78, 5) is 11.8. The van der Waals surface area contributed by atoms with Crippen molar-refractivity contribution in [3.63, 3.8) is 0 Å². The molecule has 0 radical (unpaired) electrons. The van der Waals surface area contributed by atoms with Crippen LogP contribution in [0.3, 0.4) is 0 Å². The quantitative estimate of drug-likeness (QED) is 0.739. The highest BCUT2D eigenvalue weighted by atomic mass is 32.1. The molecule has 2 amide bonds. The van der Waals surface area contributed by atoms with Crippen molar-refractivity contribution in [2.24, 2.45) is 0 Å². The molecular weight excluding hydrogens is 281 g/mol. The summed E-state index contributed by atoms with van der Waals surface area (Å²) >= 11 is 1.32. The van der Waals surface area contributed by atoms with Crippen LogP contribution < -0.4 is 10.6 Å². The predicted octanol–water partition coefficient (Wildman–Crippen LogP) is 1.45. The zero-order chi connectivity index (χ0) is 14.3. The second-order valence-corrected chi connectivity index (χ2v) is 4.37. The van der Waals surface area contributed by atoms with Crippen molar-refractivity contribution < 1.29 is 23.1 Å². The van der Waals surface area contributed by atoms with Crippen LogP contribution in [0.1, 0.15) is 10.4 Å². The number of urea groups is 1. The van der Waals surface area contributed by atoms with E-state index in [4.69, 9.17) is 5.11 Å². The second-order valence-electron chi connectivity index (χ2n) is 3.37. The molecule has 8 heteroatoms. The highest BCUT2D eigenvalue weighted by Crippen LogP contribution is 2.15. The SMILES string of the molecule is O=C(NCc1sccc1C#CCO)NCC(F)(F)F. The van der Waals surface area contributed by atoms with Crippen molar-refractivity contribution >= 4 is 17.4 Å². The van der Waals surface area contributed by atoms with Gasteiger partial charge in [0.15, 0.2) is 0 Å². The summed E-state index contributed by atoms with van der Waals surface area (Å²) in [5, 5.41) is 14.3. The smallest absolute Gasteiger partial charge is 0.384 e. The minimum atomic E-state index is -4.43. The van der Waals surface area contributed by atoms with Crippen LogP contribution >= 0.6 is 11.3 Å². The molecule has 19 heavy (non-hydrogen) atoms. The van der Waals surface area contributed by atoms with Crippen molar-refractivity contribution in [3.8, 4) is 11.8 Å². The molecule has 0 aliphatic carbocycles. The molecule has 3 N–H and O–H groups in total. The molecule has 1 heterocycles. The predicted molar refractivity (Wildman–Crippen MR) is 64.6 cm³/mol. The van der Waals surface area contributed by atoms with Crippen LogP contribution in [-0.4, -0.2) is 30.5 Å². The van der Waals surface area contributed by atoms with E-state index in [1.807, 2.05) is 0 Å². The fourth-order valence-electron chi connectivity index (χ4n) is 1.13. The number of carbonyl (C=O) groups is 1. The van der Waals surface area contributed by atoms with Gasteiger partial charge in [0.25, 0.3) is 0 Å². The monoisotopic (exact) mass is 292 g/mol. The van der Waals surface area contributed by atoms with Gasteiger partial charge in [0, 0.05) is 10.4 Å². The zero-order valence-corrected chi connectivity index (χ0v) is 10.5. The Morgan fingerprint density at radius 3 is 2.79 bits per heavy atom. The van der Waals surface area contributed by atoms with Crippen molar-refractivity contribution in [1.29, 1.82) is 0 Å². The zero-order valence-electron chi connectivity index (χ0n) is 9.67. The lowest BCUT2D eigenvalue weighted by molar-refractivity contribution is -0.122. The molecule has 0 aliphatic rings. The molecule has 1 aromatic heterocycles. The van der Waals surface area contributed by atoms with Gasteiger partial charge in [0.1, 0.15) is 13.2 Å². The highest BCUT2D eigenvalue weighted by molar-refractivity contribution is 7.10. The molecule has 0 saturated heterocycles. The first-order chi connectivity index (χ1) is 8.92. The van der Waals surface area contributed by atoms with E-state index in [1.54, 1.807) is 16.8 Å². The first-order valence-electron chi connectivity index (χ1n) is 5.17. The number of halogens is 3. The molecule has 1 aromatic rings. The Morgan fingerprint density at radius 1 is 1.42 bits per heavy atom. The molecule has 0 aromatic carbocycles. The highest BCUT2D eigenvalue weighted by Gasteiger charge is 2.27. The largest absolute Gasteiger partial charge is 0.405 e. The molecular formula is C11H11F3N2O2S. The molecule has 0 fully saturated rings. The number of carbonyl (C=O) groups excluding carboxylic acids is 1. The Hall–Kier alpha value is -1.72. The summed E-state index contributed by atoms with van der Waals surface area (Å²) in [5.74, 6) is 5.14. The van der Waals surface area contributed by atoms with Crippen molar-refractivity contribution in [1.82, 2.24) is 10.6 Å². The number of thiophene rings is 1. The number of hydrogen-bond donors (Lipinski definition) is 3. The number of rotatable bonds is 3. The van der Waals surface area contributed by atoms with Crippen LogP contribution in [0, 0.1) is 11.8 Å². The summed E-state index contributed by atoms with van der Waals surface area (Å²) < 4.78 is 35.6. The van der Waals surface area contributed by atoms with E-state index in [-0.39, 0.29) is 13.2 Å². The van der Waals surface area contributed by atoms with E-state index < -0.39 is 18.8 Å². The van der Waals surface area contributed by atoms with Gasteiger partial charge in [-0.1, -0.05) is 11.8 Å². The van der Waals surface area contributed by atoms with E-state index in [0.717, 1.165) is 0 Å². The molecule has 0 aliphatic heterocycles. The van der Waals surface area contributed by atoms with Gasteiger partial charge >= 0.3 is 12.2 Å². The molecule has 0 spiro atoms. The molecule has 1 rings (SSSR count). The number of aliphatic hydroxyl groups excluding tert-OH is 1. The third-order valence-corrected chi connectivity index (χ3v) is 2.83. The second kappa shape index (κ2) is 7.01. The van der Waals surface area contributed by atoms with Crippen LogP contribution in [0.25, 0.3) is 0 Å². The van der Waals surface area contributed by atoms with Gasteiger partial charge in [0.2, 0.25) is 0 Å². The van der Waals surface area contributed by atoms with Crippen LogP contribution in [0.2, 0.25) is 0 Å². The van der Waals surface area contributed by atoms with Gasteiger partial charge in [-0.2, -0.15) is 13.2 Å². The summed E-state index contributed by atoms with van der Waals surface area (Å²) in [6, 6.07) is 0.810. The number of aliphatic hydroxyl groups is 1. The Labute approximate surface area is 111 Å². The first-order valence-corrected chi connectivity index (χ1v) is 6.05. The van der Waals surface area contributed by atoms with Crippen molar-refractivity contribution in [2.75, 3.05) is 13.2 Å². The maximum atomic E-state index is 11.9. The molecule has 0 atom stereocenters. The van der Waals surface area contributed by atoms with E-state index in [2.05, 4.69) is 17.2 Å². The lowest BCUT2D eigenvalue weighted by atomic mass is 10.2. The Kier molecular flexibility index (Phi) is 5.66. The summed E-state index contributed by atoms with van der Waals surface area (Å²) in [7, 11) is 0. The van der Waals surface area contributed by atoms with E-state index in [1.165, 1.54) is 11.3 Å². The summed E-state index contributed by atoms with van der Waals surface area (Å²) in [6.45, 7) is -1.58. The number of hydrogen-bond acceptors (Lipinski definition) is 3. The summed E-state index contributed by atoms with van der Waals surface area (Å²) in [5.41, 5.74) is 0.634. The van der Waals surface area contributed by atoms with Crippen molar-refractivity contribution in [2.45, 2.75) is 12.7 Å². The van der Waals surface area contributed by atoms with Gasteiger partial charge in [0.05, 0.1) is 6.54 Å². The molecule has 0 saturated carbocycles. The van der Waals surface area contributed by atoms with E-state index in [0.29, 0.717) is 10.4 Å². The van der Waals surface area contributed by atoms with Crippen molar-refractivity contribution in [3.05, 3.63) is 21.9 Å². The lowest BCUT2D eigenvalue weighted by Crippen LogP contribution is -2.40. The molecule has 0 bridgehead atoms. The average Bonchev–Trinajstić information content (AvgIpc) is 2.77. The van der Waals surface area contributed by atoms with Crippen LogP contribution in [-0.2, 0) is 6.54 Å². The third-order valence-electron chi connectivity index (χ3n) is 1.91. The maximum Gasteiger partial charge on any atom is 0.405 e. The Bertz CT molecular complexity index is 488. The van der Waals surface area contributed by atoms with Crippen LogP contribution in [0.5, 0.6) is 0 Å². The number of alkyl halides is 3. The van der Waals surface area contributed by atoms with E-state index >= 15 is 0 Å². The minimum absolute atomic E-state index is 0.0802. The normalized spacial score (nSPS) is 10.5. The first kappa shape index (κ1) is 15.3. The van der Waals surface area contributed by atoms with Crippen LogP contribution in [0.4, 0.5) is 18.0 Å². The Morgan fingerprint density at radius 2 is 2.16 bits per heavy atom. The number of amides is 2.